The SMILES string of the molecule is Cc1cc(Cl)ccc1NC(=O)CSc1nnc(CNC(=O)c2ccccc2Cl)n1C. The van der Waals surface area contributed by atoms with E-state index in [9.17, 15) is 9.59 Å². The minimum Gasteiger partial charge on any atom is -0.345 e. The first kappa shape index (κ1) is 22.1. The Morgan fingerprint density at radius 1 is 1.13 bits per heavy atom. The fourth-order valence-electron chi connectivity index (χ4n) is 2.61. The van der Waals surface area contributed by atoms with Gasteiger partial charge in [0.2, 0.25) is 5.91 Å². The number of carbonyl (C=O) groups excluding carboxylic acids is 2. The molecule has 1 heterocycles. The van der Waals surface area contributed by atoms with Gasteiger partial charge in [0.1, 0.15) is 0 Å². The molecule has 0 fully saturated rings. The Labute approximate surface area is 188 Å². The van der Waals surface area contributed by atoms with Crippen molar-refractivity contribution >= 4 is 52.5 Å². The highest BCUT2D eigenvalue weighted by Gasteiger charge is 2.14. The lowest BCUT2D eigenvalue weighted by Gasteiger charge is -2.09. The standard InChI is InChI=1S/C20H19Cl2N5O2S/c1-12-9-13(21)7-8-16(12)24-18(28)11-30-20-26-25-17(27(20)2)10-23-19(29)14-5-3-4-6-15(14)22/h3-9H,10-11H2,1-2H3,(H,23,29)(H,24,28). The monoisotopic (exact) mass is 463 g/mol. The Morgan fingerprint density at radius 2 is 1.90 bits per heavy atom. The van der Waals surface area contributed by atoms with Gasteiger partial charge in [-0.05, 0) is 42.8 Å². The summed E-state index contributed by atoms with van der Waals surface area (Å²) in [4.78, 5) is 24.5. The van der Waals surface area contributed by atoms with Crippen LogP contribution in [0.15, 0.2) is 47.6 Å². The average molecular weight is 464 g/mol. The van der Waals surface area contributed by atoms with Crippen LogP contribution in [0.2, 0.25) is 10.0 Å². The summed E-state index contributed by atoms with van der Waals surface area (Å²) in [5, 5.41) is 15.4. The van der Waals surface area contributed by atoms with E-state index < -0.39 is 0 Å². The molecule has 2 N–H and O–H groups in total. The number of benzene rings is 2. The third kappa shape index (κ3) is 5.53. The van der Waals surface area contributed by atoms with Crippen molar-refractivity contribution in [3.8, 4) is 0 Å². The van der Waals surface area contributed by atoms with Crippen molar-refractivity contribution in [3.63, 3.8) is 0 Å². The van der Waals surface area contributed by atoms with Crippen molar-refractivity contribution < 1.29 is 9.59 Å². The third-order valence-corrected chi connectivity index (χ3v) is 5.83. The van der Waals surface area contributed by atoms with Gasteiger partial charge in [-0.15, -0.1) is 10.2 Å². The number of halogens is 2. The maximum Gasteiger partial charge on any atom is 0.253 e. The summed E-state index contributed by atoms with van der Waals surface area (Å²) >= 11 is 13.2. The molecule has 0 aliphatic heterocycles. The number of amides is 2. The predicted octanol–water partition coefficient (Wildman–Crippen LogP) is 4.09. The predicted molar refractivity (Wildman–Crippen MR) is 119 cm³/mol. The van der Waals surface area contributed by atoms with Gasteiger partial charge in [0.05, 0.1) is 22.9 Å². The third-order valence-electron chi connectivity index (χ3n) is 4.25. The Balaban J connectivity index is 1.54. The summed E-state index contributed by atoms with van der Waals surface area (Å²) in [6.07, 6.45) is 0. The van der Waals surface area contributed by atoms with E-state index in [-0.39, 0.29) is 24.1 Å². The molecule has 10 heteroatoms. The van der Waals surface area contributed by atoms with E-state index in [1.807, 2.05) is 6.92 Å². The second-order valence-corrected chi connectivity index (χ2v) is 8.20. The first-order valence-electron chi connectivity index (χ1n) is 8.95. The van der Waals surface area contributed by atoms with Crippen molar-refractivity contribution in [2.75, 3.05) is 11.1 Å². The molecule has 3 aromatic rings. The zero-order chi connectivity index (χ0) is 21.7. The summed E-state index contributed by atoms with van der Waals surface area (Å²) in [6, 6.07) is 12.1. The second-order valence-electron chi connectivity index (χ2n) is 6.42. The van der Waals surface area contributed by atoms with Crippen molar-refractivity contribution in [1.29, 1.82) is 0 Å². The van der Waals surface area contributed by atoms with Gasteiger partial charge in [-0.3, -0.25) is 9.59 Å². The molecule has 0 radical (unpaired) electrons. The van der Waals surface area contributed by atoms with E-state index in [2.05, 4.69) is 20.8 Å². The molecule has 0 bridgehead atoms. The minimum atomic E-state index is -0.296. The molecule has 3 rings (SSSR count). The van der Waals surface area contributed by atoms with Crippen LogP contribution in [0.3, 0.4) is 0 Å². The largest absolute Gasteiger partial charge is 0.345 e. The number of thioether (sulfide) groups is 1. The molecule has 0 saturated heterocycles. The van der Waals surface area contributed by atoms with E-state index >= 15 is 0 Å². The lowest BCUT2D eigenvalue weighted by molar-refractivity contribution is -0.113. The van der Waals surface area contributed by atoms with E-state index in [1.165, 1.54) is 11.8 Å². The number of nitrogens with zero attached hydrogens (tertiary/aromatic N) is 3. The quantitative estimate of drug-likeness (QED) is 0.515. The van der Waals surface area contributed by atoms with Crippen LogP contribution < -0.4 is 10.6 Å². The molecular weight excluding hydrogens is 445 g/mol. The fraction of sp³-hybridized carbons (Fsp3) is 0.200. The molecule has 156 valence electrons. The van der Waals surface area contributed by atoms with E-state index in [4.69, 9.17) is 23.2 Å². The van der Waals surface area contributed by atoms with Gasteiger partial charge in [-0.25, -0.2) is 0 Å². The normalized spacial score (nSPS) is 10.7. The Kier molecular flexibility index (Phi) is 7.36. The molecule has 0 aliphatic carbocycles. The molecular formula is C20H19Cl2N5O2S. The van der Waals surface area contributed by atoms with E-state index in [1.54, 1.807) is 54.1 Å². The van der Waals surface area contributed by atoms with Gasteiger partial charge in [-0.2, -0.15) is 0 Å². The highest BCUT2D eigenvalue weighted by atomic mass is 35.5. The minimum absolute atomic E-state index is 0.165. The van der Waals surface area contributed by atoms with Crippen LogP contribution in [0.5, 0.6) is 0 Å². The van der Waals surface area contributed by atoms with Gasteiger partial charge in [-0.1, -0.05) is 47.1 Å². The van der Waals surface area contributed by atoms with Crippen LogP contribution >= 0.6 is 35.0 Å². The Morgan fingerprint density at radius 3 is 2.63 bits per heavy atom. The number of hydrogen-bond donors (Lipinski definition) is 2. The van der Waals surface area contributed by atoms with Gasteiger partial charge in [0, 0.05) is 17.8 Å². The van der Waals surface area contributed by atoms with Crippen molar-refractivity contribution in [2.24, 2.45) is 7.05 Å². The molecule has 0 aliphatic rings. The number of aromatic nitrogens is 3. The van der Waals surface area contributed by atoms with Crippen molar-refractivity contribution in [3.05, 3.63) is 69.5 Å². The van der Waals surface area contributed by atoms with Crippen LogP contribution in [0.25, 0.3) is 0 Å². The number of aryl methyl sites for hydroxylation is 1. The van der Waals surface area contributed by atoms with Crippen molar-refractivity contribution in [2.45, 2.75) is 18.6 Å². The Hall–Kier alpha value is -2.55. The molecule has 0 saturated carbocycles. The fourth-order valence-corrected chi connectivity index (χ4v) is 3.79. The van der Waals surface area contributed by atoms with Gasteiger partial charge < -0.3 is 15.2 Å². The molecule has 2 aromatic carbocycles. The van der Waals surface area contributed by atoms with Crippen LogP contribution in [0, 0.1) is 6.92 Å². The zero-order valence-corrected chi connectivity index (χ0v) is 18.6. The lowest BCUT2D eigenvalue weighted by atomic mass is 10.2. The number of rotatable bonds is 7. The summed E-state index contributed by atoms with van der Waals surface area (Å²) < 4.78 is 1.73. The number of hydrogen-bond acceptors (Lipinski definition) is 5. The molecule has 0 spiro atoms. The molecule has 2 amide bonds. The van der Waals surface area contributed by atoms with Gasteiger partial charge >= 0.3 is 0 Å². The van der Waals surface area contributed by atoms with Gasteiger partial charge in [0.25, 0.3) is 5.91 Å². The molecule has 0 atom stereocenters. The maximum absolute atomic E-state index is 12.3. The number of anilines is 1. The smallest absolute Gasteiger partial charge is 0.253 e. The molecule has 1 aromatic heterocycles. The second kappa shape index (κ2) is 9.97. The van der Waals surface area contributed by atoms with Crippen LogP contribution in [-0.4, -0.2) is 32.3 Å². The number of carbonyl (C=O) groups is 2. The van der Waals surface area contributed by atoms with E-state index in [0.717, 1.165) is 5.56 Å². The van der Waals surface area contributed by atoms with Crippen molar-refractivity contribution in [1.82, 2.24) is 20.1 Å². The van der Waals surface area contributed by atoms with Crippen LogP contribution in [0.1, 0.15) is 21.7 Å². The first-order chi connectivity index (χ1) is 14.3. The lowest BCUT2D eigenvalue weighted by Crippen LogP contribution is -2.24. The first-order valence-corrected chi connectivity index (χ1v) is 10.7. The van der Waals surface area contributed by atoms with Crippen LogP contribution in [-0.2, 0) is 18.4 Å². The molecule has 7 nitrogen and oxygen atoms in total. The van der Waals surface area contributed by atoms with Gasteiger partial charge in [0.15, 0.2) is 11.0 Å². The highest BCUT2D eigenvalue weighted by Crippen LogP contribution is 2.21. The summed E-state index contributed by atoms with van der Waals surface area (Å²) in [6.45, 7) is 2.06. The maximum atomic E-state index is 12.3. The topological polar surface area (TPSA) is 88.9 Å². The summed E-state index contributed by atoms with van der Waals surface area (Å²) in [5.41, 5.74) is 1.99. The highest BCUT2D eigenvalue weighted by molar-refractivity contribution is 7.99. The zero-order valence-electron chi connectivity index (χ0n) is 16.3. The van der Waals surface area contributed by atoms with Crippen LogP contribution in [0.4, 0.5) is 5.69 Å². The average Bonchev–Trinajstić information content (AvgIpc) is 3.06. The summed E-state index contributed by atoms with van der Waals surface area (Å²) in [7, 11) is 1.78. The Bertz CT molecular complexity index is 1090. The molecule has 30 heavy (non-hydrogen) atoms. The van der Waals surface area contributed by atoms with E-state index in [0.29, 0.717) is 32.3 Å². The molecule has 0 unspecified atom stereocenters. The summed E-state index contributed by atoms with van der Waals surface area (Å²) in [5.74, 6) is 0.268. The number of nitrogens with one attached hydrogen (secondary N) is 2.